The van der Waals surface area contributed by atoms with Crippen LogP contribution in [0, 0.1) is 10.1 Å². The second kappa shape index (κ2) is 6.15. The van der Waals surface area contributed by atoms with Crippen LogP contribution in [0.15, 0.2) is 28.4 Å². The topological polar surface area (TPSA) is 143 Å². The number of hydrogen-bond acceptors (Lipinski definition) is 7. The number of aromatic amines is 1. The van der Waals surface area contributed by atoms with Crippen molar-refractivity contribution in [3.05, 3.63) is 54.6 Å². The van der Waals surface area contributed by atoms with Crippen LogP contribution in [0.2, 0.25) is 0 Å². The Bertz CT molecular complexity index is 738. The molecular formula is C11H11N5O4S. The summed E-state index contributed by atoms with van der Waals surface area (Å²) in [6, 6.07) is 4.04. The maximum absolute atomic E-state index is 12.1. The molecule has 1 amide bonds. The van der Waals surface area contributed by atoms with Crippen molar-refractivity contribution in [2.24, 2.45) is 5.84 Å². The molecule has 0 radical (unpaired) electrons. The molecule has 1 aromatic carbocycles. The summed E-state index contributed by atoms with van der Waals surface area (Å²) in [5.41, 5.74) is 2.40. The van der Waals surface area contributed by atoms with E-state index in [0.717, 1.165) is 11.3 Å². The van der Waals surface area contributed by atoms with Crippen LogP contribution in [-0.4, -0.2) is 15.8 Å². The standard InChI is InChI=1S/C11H11N5O4S/c12-15-9-7(2-1-3-8(9)16(19)20)10(17)13-4-6-5-21-11(18)14-6/h1-3,5,15H,4,12H2,(H,13,17)(H,14,18). The molecule has 0 saturated carbocycles. The number of thiazole rings is 1. The molecule has 0 spiro atoms. The molecule has 21 heavy (non-hydrogen) atoms. The molecule has 0 saturated heterocycles. The molecule has 9 nitrogen and oxygen atoms in total. The van der Waals surface area contributed by atoms with Crippen molar-refractivity contribution in [1.29, 1.82) is 0 Å². The molecule has 0 atom stereocenters. The third kappa shape index (κ3) is 3.24. The van der Waals surface area contributed by atoms with E-state index in [2.05, 4.69) is 15.7 Å². The fourth-order valence-corrected chi connectivity index (χ4v) is 2.29. The number of para-hydroxylation sites is 1. The largest absolute Gasteiger partial charge is 0.346 e. The molecule has 1 heterocycles. The zero-order valence-electron chi connectivity index (χ0n) is 10.6. The zero-order valence-corrected chi connectivity index (χ0v) is 11.4. The monoisotopic (exact) mass is 309 g/mol. The first-order valence-electron chi connectivity index (χ1n) is 5.72. The van der Waals surface area contributed by atoms with E-state index in [9.17, 15) is 19.7 Å². The van der Waals surface area contributed by atoms with E-state index < -0.39 is 10.8 Å². The lowest BCUT2D eigenvalue weighted by molar-refractivity contribution is -0.384. The first kappa shape index (κ1) is 14.7. The number of nitrogens with two attached hydrogens (primary N) is 1. The van der Waals surface area contributed by atoms with Crippen molar-refractivity contribution < 1.29 is 9.72 Å². The normalized spacial score (nSPS) is 10.1. The average molecular weight is 309 g/mol. The van der Waals surface area contributed by atoms with Crippen LogP contribution in [-0.2, 0) is 6.54 Å². The number of nitrogens with one attached hydrogen (secondary N) is 3. The molecule has 5 N–H and O–H groups in total. The highest BCUT2D eigenvalue weighted by Gasteiger charge is 2.20. The van der Waals surface area contributed by atoms with Gasteiger partial charge in [-0.15, -0.1) is 0 Å². The number of anilines is 1. The first-order chi connectivity index (χ1) is 10.0. The number of carbonyl (C=O) groups is 1. The van der Waals surface area contributed by atoms with Crippen LogP contribution in [0.3, 0.4) is 0 Å². The Morgan fingerprint density at radius 1 is 1.48 bits per heavy atom. The number of rotatable bonds is 5. The predicted molar refractivity (Wildman–Crippen MR) is 77.0 cm³/mol. The second-order valence-corrected chi connectivity index (χ2v) is 4.80. The van der Waals surface area contributed by atoms with Crippen LogP contribution in [0.5, 0.6) is 0 Å². The van der Waals surface area contributed by atoms with Gasteiger partial charge in [0.15, 0.2) is 0 Å². The van der Waals surface area contributed by atoms with Crippen LogP contribution >= 0.6 is 11.3 Å². The number of aromatic nitrogens is 1. The molecule has 2 rings (SSSR count). The molecule has 10 heteroatoms. The van der Waals surface area contributed by atoms with Gasteiger partial charge in [0.25, 0.3) is 11.6 Å². The minimum Gasteiger partial charge on any atom is -0.346 e. The Morgan fingerprint density at radius 3 is 2.81 bits per heavy atom. The molecule has 0 aliphatic rings. The van der Waals surface area contributed by atoms with Gasteiger partial charge in [0.2, 0.25) is 0 Å². The van der Waals surface area contributed by atoms with Crippen molar-refractivity contribution in [3.63, 3.8) is 0 Å². The summed E-state index contributed by atoms with van der Waals surface area (Å²) in [5, 5.41) is 15.0. The molecule has 2 aromatic rings. The van der Waals surface area contributed by atoms with Crippen LogP contribution in [0.25, 0.3) is 0 Å². The lowest BCUT2D eigenvalue weighted by Crippen LogP contribution is -2.25. The van der Waals surface area contributed by atoms with Gasteiger partial charge in [0, 0.05) is 17.1 Å². The van der Waals surface area contributed by atoms with E-state index in [-0.39, 0.29) is 28.4 Å². The van der Waals surface area contributed by atoms with E-state index >= 15 is 0 Å². The van der Waals surface area contributed by atoms with E-state index in [1.807, 2.05) is 0 Å². The molecule has 110 valence electrons. The molecule has 0 aliphatic carbocycles. The third-order valence-corrected chi connectivity index (χ3v) is 3.36. The quantitative estimate of drug-likeness (QED) is 0.361. The van der Waals surface area contributed by atoms with Gasteiger partial charge < -0.3 is 15.7 Å². The highest BCUT2D eigenvalue weighted by molar-refractivity contribution is 7.07. The second-order valence-electron chi connectivity index (χ2n) is 3.96. The highest BCUT2D eigenvalue weighted by Crippen LogP contribution is 2.27. The summed E-state index contributed by atoms with van der Waals surface area (Å²) < 4.78 is 0. The third-order valence-electron chi connectivity index (χ3n) is 2.64. The van der Waals surface area contributed by atoms with Crippen molar-refractivity contribution in [3.8, 4) is 0 Å². The maximum atomic E-state index is 12.1. The van der Waals surface area contributed by atoms with Gasteiger partial charge in [-0.2, -0.15) is 0 Å². The van der Waals surface area contributed by atoms with Gasteiger partial charge in [-0.3, -0.25) is 25.5 Å². The number of carbonyl (C=O) groups excluding carboxylic acids is 1. The summed E-state index contributed by atoms with van der Waals surface area (Å²) in [7, 11) is 0. The maximum Gasteiger partial charge on any atom is 0.304 e. The van der Waals surface area contributed by atoms with E-state index in [4.69, 9.17) is 5.84 Å². The summed E-state index contributed by atoms with van der Waals surface area (Å²) in [6.07, 6.45) is 0. The van der Waals surface area contributed by atoms with E-state index in [1.165, 1.54) is 18.2 Å². The molecule has 0 aliphatic heterocycles. The Hall–Kier alpha value is -2.72. The van der Waals surface area contributed by atoms with E-state index in [0.29, 0.717) is 5.69 Å². The lowest BCUT2D eigenvalue weighted by Gasteiger charge is -2.09. The van der Waals surface area contributed by atoms with Crippen molar-refractivity contribution >= 4 is 28.6 Å². The van der Waals surface area contributed by atoms with Crippen molar-refractivity contribution in [2.75, 3.05) is 5.43 Å². The number of nitro benzene ring substituents is 1. The van der Waals surface area contributed by atoms with Crippen LogP contribution in [0.4, 0.5) is 11.4 Å². The summed E-state index contributed by atoms with van der Waals surface area (Å²) in [5.74, 6) is 4.71. The number of nitro groups is 1. The molecule has 1 aromatic heterocycles. The summed E-state index contributed by atoms with van der Waals surface area (Å²) in [6.45, 7) is 0.101. The van der Waals surface area contributed by atoms with Gasteiger partial charge in [-0.1, -0.05) is 17.4 Å². The molecule has 0 unspecified atom stereocenters. The number of nitrogens with zero attached hydrogens (tertiary/aromatic N) is 1. The fraction of sp³-hybridized carbons (Fsp3) is 0.0909. The number of hydrogen-bond donors (Lipinski definition) is 4. The summed E-state index contributed by atoms with van der Waals surface area (Å²) in [4.78, 5) is 35.6. The van der Waals surface area contributed by atoms with Gasteiger partial charge in [-0.05, 0) is 6.07 Å². The smallest absolute Gasteiger partial charge is 0.304 e. The Kier molecular flexibility index (Phi) is 4.30. The number of H-pyrrole nitrogens is 1. The number of benzene rings is 1. The van der Waals surface area contributed by atoms with Gasteiger partial charge >= 0.3 is 4.87 Å². The average Bonchev–Trinajstić information content (AvgIpc) is 2.89. The Balaban J connectivity index is 2.20. The van der Waals surface area contributed by atoms with Gasteiger partial charge in [-0.25, -0.2) is 0 Å². The highest BCUT2D eigenvalue weighted by atomic mass is 32.1. The number of nitrogen functional groups attached to an aromatic ring is 1. The number of amides is 1. The lowest BCUT2D eigenvalue weighted by atomic mass is 10.1. The van der Waals surface area contributed by atoms with Crippen LogP contribution in [0.1, 0.15) is 16.1 Å². The molecule has 0 fully saturated rings. The minimum absolute atomic E-state index is 0.0456. The SMILES string of the molecule is NNc1c(C(=O)NCc2csc(=O)[nH]2)cccc1[N+](=O)[O-]. The predicted octanol–water partition coefficient (Wildman–Crippen LogP) is 0.560. The van der Waals surface area contributed by atoms with Crippen molar-refractivity contribution in [2.45, 2.75) is 6.54 Å². The fourth-order valence-electron chi connectivity index (χ4n) is 1.70. The Morgan fingerprint density at radius 2 is 2.24 bits per heavy atom. The van der Waals surface area contributed by atoms with Crippen molar-refractivity contribution in [1.82, 2.24) is 10.3 Å². The molecular weight excluding hydrogens is 298 g/mol. The minimum atomic E-state index is -0.637. The Labute approximate surface area is 121 Å². The number of hydrazine groups is 1. The van der Waals surface area contributed by atoms with Gasteiger partial charge in [0.05, 0.1) is 17.0 Å². The summed E-state index contributed by atoms with van der Waals surface area (Å²) >= 11 is 0.982. The van der Waals surface area contributed by atoms with Crippen LogP contribution < -0.4 is 21.5 Å². The molecule has 0 bridgehead atoms. The van der Waals surface area contributed by atoms with Gasteiger partial charge in [0.1, 0.15) is 5.69 Å². The van der Waals surface area contributed by atoms with E-state index in [1.54, 1.807) is 5.38 Å². The zero-order chi connectivity index (χ0) is 15.4. The first-order valence-corrected chi connectivity index (χ1v) is 6.59.